The summed E-state index contributed by atoms with van der Waals surface area (Å²) in [6, 6.07) is 7.13. The third-order valence-electron chi connectivity index (χ3n) is 3.90. The molecule has 0 spiro atoms. The lowest BCUT2D eigenvalue weighted by Gasteiger charge is -2.09. The molecule has 1 heterocycles. The maximum Gasteiger partial charge on any atom is 0.338 e. The van der Waals surface area contributed by atoms with Gasteiger partial charge in [-0.2, -0.15) is 0 Å². The smallest absolute Gasteiger partial charge is 0.338 e. The molecule has 0 bridgehead atoms. The van der Waals surface area contributed by atoms with Crippen molar-refractivity contribution in [2.75, 3.05) is 19.7 Å². The first-order valence-corrected chi connectivity index (χ1v) is 7.92. The highest BCUT2D eigenvalue weighted by molar-refractivity contribution is 5.89. The zero-order valence-electron chi connectivity index (χ0n) is 13.5. The summed E-state index contributed by atoms with van der Waals surface area (Å²) < 4.78 is 4.93. The topological polar surface area (TPSA) is 67.4 Å². The van der Waals surface area contributed by atoms with E-state index in [9.17, 15) is 9.59 Å². The van der Waals surface area contributed by atoms with Crippen molar-refractivity contribution in [3.8, 4) is 0 Å². The summed E-state index contributed by atoms with van der Waals surface area (Å²) in [6.07, 6.45) is 2.69. The first-order valence-electron chi connectivity index (χ1n) is 7.92. The standard InChI is InChI=1S/C17H24N2O3.ClH/c1-2-22-17(21)15-6-3-13(4-7-15)12-19-16(20)8-5-14-9-10-18-11-14;/h3-4,6-7,14,18H,2,5,8-12H2,1H3,(H,19,20);1H. The van der Waals surface area contributed by atoms with Gasteiger partial charge in [-0.3, -0.25) is 4.79 Å². The number of carbonyl (C=O) groups is 2. The third kappa shape index (κ3) is 6.59. The van der Waals surface area contributed by atoms with Gasteiger partial charge in [0.05, 0.1) is 12.2 Å². The minimum atomic E-state index is -0.316. The fourth-order valence-corrected chi connectivity index (χ4v) is 2.56. The second kappa shape index (κ2) is 10.2. The Balaban J connectivity index is 0.00000264. The number of amides is 1. The number of hydrogen-bond acceptors (Lipinski definition) is 4. The highest BCUT2D eigenvalue weighted by Gasteiger charge is 2.15. The van der Waals surface area contributed by atoms with E-state index in [0.717, 1.165) is 25.1 Å². The van der Waals surface area contributed by atoms with E-state index >= 15 is 0 Å². The fourth-order valence-electron chi connectivity index (χ4n) is 2.56. The molecular weight excluding hydrogens is 316 g/mol. The highest BCUT2D eigenvalue weighted by atomic mass is 35.5. The van der Waals surface area contributed by atoms with Gasteiger partial charge in [0.2, 0.25) is 5.91 Å². The van der Waals surface area contributed by atoms with Gasteiger partial charge in [-0.1, -0.05) is 12.1 Å². The quantitative estimate of drug-likeness (QED) is 0.747. The zero-order valence-corrected chi connectivity index (χ0v) is 14.3. The minimum absolute atomic E-state index is 0. The summed E-state index contributed by atoms with van der Waals surface area (Å²) in [7, 11) is 0. The Morgan fingerprint density at radius 3 is 2.65 bits per heavy atom. The molecule has 2 rings (SSSR count). The van der Waals surface area contributed by atoms with Gasteiger partial charge in [0.1, 0.15) is 0 Å². The van der Waals surface area contributed by atoms with Crippen LogP contribution in [0.3, 0.4) is 0 Å². The van der Waals surface area contributed by atoms with Crippen molar-refractivity contribution in [3.05, 3.63) is 35.4 Å². The third-order valence-corrected chi connectivity index (χ3v) is 3.90. The Morgan fingerprint density at radius 2 is 2.04 bits per heavy atom. The van der Waals surface area contributed by atoms with Crippen LogP contribution in [0.5, 0.6) is 0 Å². The van der Waals surface area contributed by atoms with E-state index < -0.39 is 0 Å². The molecule has 0 saturated carbocycles. The van der Waals surface area contributed by atoms with Crippen molar-refractivity contribution in [3.63, 3.8) is 0 Å². The van der Waals surface area contributed by atoms with Gasteiger partial charge in [-0.05, 0) is 56.5 Å². The molecule has 1 aliphatic heterocycles. The molecule has 1 aliphatic rings. The largest absolute Gasteiger partial charge is 0.462 e. The summed E-state index contributed by atoms with van der Waals surface area (Å²) in [4.78, 5) is 23.4. The Bertz CT molecular complexity index is 499. The number of ether oxygens (including phenoxy) is 1. The molecule has 1 atom stereocenters. The zero-order chi connectivity index (χ0) is 15.8. The van der Waals surface area contributed by atoms with E-state index in [0.29, 0.717) is 31.1 Å². The van der Waals surface area contributed by atoms with Crippen molar-refractivity contribution >= 4 is 24.3 Å². The SMILES string of the molecule is CCOC(=O)c1ccc(CNC(=O)CCC2CCNC2)cc1.Cl. The van der Waals surface area contributed by atoms with Gasteiger partial charge < -0.3 is 15.4 Å². The number of hydrogen-bond donors (Lipinski definition) is 2. The fraction of sp³-hybridized carbons (Fsp3) is 0.529. The lowest BCUT2D eigenvalue weighted by Crippen LogP contribution is -2.23. The molecule has 1 aromatic rings. The molecule has 1 saturated heterocycles. The van der Waals surface area contributed by atoms with E-state index in [1.807, 2.05) is 12.1 Å². The Labute approximate surface area is 143 Å². The van der Waals surface area contributed by atoms with Gasteiger partial charge in [0.15, 0.2) is 0 Å². The maximum absolute atomic E-state index is 11.8. The normalized spacial score (nSPS) is 16.5. The van der Waals surface area contributed by atoms with E-state index in [1.54, 1.807) is 19.1 Å². The summed E-state index contributed by atoms with van der Waals surface area (Å²) in [6.45, 7) is 4.74. The maximum atomic E-state index is 11.8. The molecule has 128 valence electrons. The Kier molecular flexibility index (Phi) is 8.66. The van der Waals surface area contributed by atoms with Crippen LogP contribution in [0.1, 0.15) is 42.1 Å². The van der Waals surface area contributed by atoms with E-state index in [4.69, 9.17) is 4.74 Å². The van der Waals surface area contributed by atoms with Crippen LogP contribution >= 0.6 is 12.4 Å². The minimum Gasteiger partial charge on any atom is -0.462 e. The second-order valence-corrected chi connectivity index (χ2v) is 5.59. The van der Waals surface area contributed by atoms with Gasteiger partial charge in [0, 0.05) is 13.0 Å². The number of carbonyl (C=O) groups excluding carboxylic acids is 2. The molecular formula is C17H25ClN2O3. The van der Waals surface area contributed by atoms with Gasteiger partial charge in [0.25, 0.3) is 0 Å². The van der Waals surface area contributed by atoms with Crippen LogP contribution in [0, 0.1) is 5.92 Å². The van der Waals surface area contributed by atoms with Crippen molar-refractivity contribution < 1.29 is 14.3 Å². The lowest BCUT2D eigenvalue weighted by molar-refractivity contribution is -0.121. The first-order chi connectivity index (χ1) is 10.7. The molecule has 23 heavy (non-hydrogen) atoms. The van der Waals surface area contributed by atoms with Crippen molar-refractivity contribution in [2.24, 2.45) is 5.92 Å². The van der Waals surface area contributed by atoms with Crippen LogP contribution in [0.25, 0.3) is 0 Å². The Morgan fingerprint density at radius 1 is 1.30 bits per heavy atom. The number of benzene rings is 1. The molecule has 0 aliphatic carbocycles. The van der Waals surface area contributed by atoms with Crippen LogP contribution in [0.2, 0.25) is 0 Å². The van der Waals surface area contributed by atoms with Crippen molar-refractivity contribution in [1.29, 1.82) is 0 Å². The van der Waals surface area contributed by atoms with Crippen LogP contribution in [-0.2, 0) is 16.1 Å². The van der Waals surface area contributed by atoms with Gasteiger partial charge in [-0.25, -0.2) is 4.79 Å². The first kappa shape index (κ1) is 19.5. The monoisotopic (exact) mass is 340 g/mol. The number of nitrogens with one attached hydrogen (secondary N) is 2. The van der Waals surface area contributed by atoms with Gasteiger partial charge >= 0.3 is 5.97 Å². The van der Waals surface area contributed by atoms with Crippen LogP contribution in [0.4, 0.5) is 0 Å². The summed E-state index contributed by atoms with van der Waals surface area (Å²) in [5.41, 5.74) is 1.51. The Hall–Kier alpha value is -1.59. The van der Waals surface area contributed by atoms with E-state index in [2.05, 4.69) is 10.6 Å². The molecule has 0 radical (unpaired) electrons. The van der Waals surface area contributed by atoms with Crippen LogP contribution < -0.4 is 10.6 Å². The van der Waals surface area contributed by atoms with E-state index in [1.165, 1.54) is 6.42 Å². The molecule has 5 nitrogen and oxygen atoms in total. The number of esters is 1. The predicted octanol–water partition coefficient (Wildman–Crippen LogP) is 2.29. The summed E-state index contributed by atoms with van der Waals surface area (Å²) in [5, 5.41) is 6.23. The van der Waals surface area contributed by atoms with Gasteiger partial charge in [-0.15, -0.1) is 12.4 Å². The van der Waals surface area contributed by atoms with Crippen molar-refractivity contribution in [1.82, 2.24) is 10.6 Å². The molecule has 1 amide bonds. The average Bonchev–Trinajstić information content (AvgIpc) is 3.05. The average molecular weight is 341 g/mol. The van der Waals surface area contributed by atoms with Crippen LogP contribution in [0.15, 0.2) is 24.3 Å². The molecule has 6 heteroatoms. The number of rotatable bonds is 7. The number of halogens is 1. The molecule has 1 unspecified atom stereocenters. The van der Waals surface area contributed by atoms with Crippen molar-refractivity contribution in [2.45, 2.75) is 32.7 Å². The molecule has 1 aromatic carbocycles. The summed E-state index contributed by atoms with van der Waals surface area (Å²) >= 11 is 0. The second-order valence-electron chi connectivity index (χ2n) is 5.59. The molecule has 1 fully saturated rings. The molecule has 2 N–H and O–H groups in total. The predicted molar refractivity (Wildman–Crippen MR) is 91.7 cm³/mol. The van der Waals surface area contributed by atoms with Crippen LogP contribution in [-0.4, -0.2) is 31.6 Å². The van der Waals surface area contributed by atoms with E-state index in [-0.39, 0.29) is 24.3 Å². The molecule has 0 aromatic heterocycles. The highest BCUT2D eigenvalue weighted by Crippen LogP contribution is 2.14. The summed E-state index contributed by atoms with van der Waals surface area (Å²) in [5.74, 6) is 0.402. The lowest BCUT2D eigenvalue weighted by atomic mass is 10.0.